The first-order valence-electron chi connectivity index (χ1n) is 11.1. The van der Waals surface area contributed by atoms with Crippen LogP contribution in [-0.4, -0.2) is 79.8 Å². The second-order valence-corrected chi connectivity index (χ2v) is 8.24. The number of alkyl carbamates (subject to hydrolysis) is 2. The molecule has 0 spiro atoms. The molecule has 0 heterocycles. The number of ether oxygens (including phenoxy) is 3. The van der Waals surface area contributed by atoms with Gasteiger partial charge in [-0.1, -0.05) is 30.3 Å². The minimum atomic E-state index is -0.805. The molecular formula is C23H34N4O8. The lowest BCUT2D eigenvalue weighted by molar-refractivity contribution is -0.143. The molecule has 3 N–H and O–H groups in total. The van der Waals surface area contributed by atoms with Gasteiger partial charge in [0.05, 0.1) is 13.2 Å². The fourth-order valence-corrected chi connectivity index (χ4v) is 2.54. The summed E-state index contributed by atoms with van der Waals surface area (Å²) in [5.74, 6) is -1.83. The number of carbonyl (C=O) groups excluding carboxylic acids is 5. The summed E-state index contributed by atoms with van der Waals surface area (Å²) in [6.45, 7) is 5.69. The Morgan fingerprint density at radius 2 is 1.57 bits per heavy atom. The fraction of sp³-hybridized carbons (Fsp3) is 0.522. The molecule has 0 aliphatic heterocycles. The Kier molecular flexibility index (Phi) is 12.6. The summed E-state index contributed by atoms with van der Waals surface area (Å²) in [5.41, 5.74) is 0.0819. The molecule has 12 heteroatoms. The Morgan fingerprint density at radius 3 is 2.20 bits per heavy atom. The van der Waals surface area contributed by atoms with Crippen LogP contribution in [-0.2, 0) is 35.2 Å². The molecule has 0 aromatic heterocycles. The van der Waals surface area contributed by atoms with Crippen molar-refractivity contribution in [2.75, 3.05) is 39.3 Å². The molecule has 4 amide bonds. The van der Waals surface area contributed by atoms with Gasteiger partial charge in [0.2, 0.25) is 11.8 Å². The summed E-state index contributed by atoms with van der Waals surface area (Å²) in [5, 5.41) is 7.18. The highest BCUT2D eigenvalue weighted by molar-refractivity contribution is 5.88. The predicted octanol–water partition coefficient (Wildman–Crippen LogP) is 0.945. The zero-order valence-corrected chi connectivity index (χ0v) is 20.5. The van der Waals surface area contributed by atoms with Crippen molar-refractivity contribution in [3.63, 3.8) is 0 Å². The largest absolute Gasteiger partial charge is 0.465 e. The van der Waals surface area contributed by atoms with Crippen molar-refractivity contribution < 1.29 is 38.2 Å². The first-order valence-corrected chi connectivity index (χ1v) is 11.1. The van der Waals surface area contributed by atoms with Crippen LogP contribution in [0.15, 0.2) is 30.3 Å². The molecular weight excluding hydrogens is 460 g/mol. The number of benzene rings is 1. The molecule has 0 fully saturated rings. The van der Waals surface area contributed by atoms with Crippen molar-refractivity contribution >= 4 is 30.0 Å². The normalized spacial score (nSPS) is 10.5. The van der Waals surface area contributed by atoms with Gasteiger partial charge in [-0.15, -0.1) is 0 Å². The van der Waals surface area contributed by atoms with E-state index in [1.165, 1.54) is 0 Å². The minimum absolute atomic E-state index is 0.00966. The lowest BCUT2D eigenvalue weighted by Gasteiger charge is -2.23. The Balaban J connectivity index is 2.60. The van der Waals surface area contributed by atoms with Gasteiger partial charge in [-0.05, 0) is 33.3 Å². The summed E-state index contributed by atoms with van der Waals surface area (Å²) < 4.78 is 14.9. The molecule has 35 heavy (non-hydrogen) atoms. The van der Waals surface area contributed by atoms with Crippen LogP contribution in [0.4, 0.5) is 9.59 Å². The van der Waals surface area contributed by atoms with E-state index >= 15 is 0 Å². The summed E-state index contributed by atoms with van der Waals surface area (Å²) >= 11 is 0. The Hall–Kier alpha value is -3.83. The highest BCUT2D eigenvalue weighted by atomic mass is 16.6. The lowest BCUT2D eigenvalue weighted by Crippen LogP contribution is -2.48. The Morgan fingerprint density at radius 1 is 0.886 bits per heavy atom. The maximum Gasteiger partial charge on any atom is 0.407 e. The molecule has 12 nitrogen and oxygen atoms in total. The average Bonchev–Trinajstić information content (AvgIpc) is 2.79. The maximum atomic E-state index is 12.6. The molecule has 1 aromatic carbocycles. The molecule has 0 radical (unpaired) electrons. The molecule has 0 bridgehead atoms. The van der Waals surface area contributed by atoms with Crippen LogP contribution < -0.4 is 16.0 Å². The molecule has 194 valence electrons. The molecule has 0 saturated carbocycles. The number of carbonyl (C=O) groups is 5. The monoisotopic (exact) mass is 494 g/mol. The van der Waals surface area contributed by atoms with Gasteiger partial charge >= 0.3 is 18.2 Å². The third kappa shape index (κ3) is 14.1. The van der Waals surface area contributed by atoms with Crippen molar-refractivity contribution in [1.29, 1.82) is 0 Å². The average molecular weight is 495 g/mol. The molecule has 1 rings (SSSR count). The highest BCUT2D eigenvalue weighted by Crippen LogP contribution is 2.06. The highest BCUT2D eigenvalue weighted by Gasteiger charge is 2.20. The van der Waals surface area contributed by atoms with Gasteiger partial charge in [0.15, 0.2) is 0 Å². The van der Waals surface area contributed by atoms with E-state index in [-0.39, 0.29) is 32.8 Å². The quantitative estimate of drug-likeness (QED) is 0.287. The van der Waals surface area contributed by atoms with E-state index in [0.29, 0.717) is 0 Å². The smallest absolute Gasteiger partial charge is 0.407 e. The zero-order valence-electron chi connectivity index (χ0n) is 20.5. The number of amides is 4. The van der Waals surface area contributed by atoms with E-state index in [2.05, 4.69) is 16.0 Å². The van der Waals surface area contributed by atoms with Gasteiger partial charge in [-0.2, -0.15) is 0 Å². The van der Waals surface area contributed by atoms with Crippen LogP contribution in [0.2, 0.25) is 0 Å². The second kappa shape index (κ2) is 15.1. The van der Waals surface area contributed by atoms with Gasteiger partial charge < -0.3 is 35.1 Å². The first kappa shape index (κ1) is 29.2. The van der Waals surface area contributed by atoms with Crippen LogP contribution in [0.3, 0.4) is 0 Å². The van der Waals surface area contributed by atoms with Crippen LogP contribution in [0, 0.1) is 0 Å². The van der Waals surface area contributed by atoms with Gasteiger partial charge in [-0.3, -0.25) is 14.4 Å². The third-order valence-corrected chi connectivity index (χ3v) is 4.07. The van der Waals surface area contributed by atoms with Gasteiger partial charge in [0.25, 0.3) is 0 Å². The van der Waals surface area contributed by atoms with Crippen LogP contribution in [0.25, 0.3) is 0 Å². The van der Waals surface area contributed by atoms with Crippen molar-refractivity contribution in [2.24, 2.45) is 0 Å². The molecule has 0 atom stereocenters. The van der Waals surface area contributed by atoms with E-state index in [1.807, 2.05) is 6.07 Å². The summed E-state index contributed by atoms with van der Waals surface area (Å²) in [6.07, 6.45) is -1.49. The maximum absolute atomic E-state index is 12.6. The second-order valence-electron chi connectivity index (χ2n) is 8.24. The standard InChI is InChI=1S/C23H34N4O8/c1-5-33-20(30)14-25-18(28)15-27(12-11-24-22(32)35-23(2,3)4)19(29)13-26-21(31)34-16-17-9-7-6-8-10-17/h6-10H,5,11-16H2,1-4H3,(H,24,32)(H,25,28)(H,26,31). The van der Waals surface area contributed by atoms with Crippen molar-refractivity contribution in [3.8, 4) is 0 Å². The SMILES string of the molecule is CCOC(=O)CNC(=O)CN(CCNC(=O)OC(C)(C)C)C(=O)CNC(=O)OCc1ccccc1. The number of hydrogen-bond donors (Lipinski definition) is 3. The summed E-state index contributed by atoms with van der Waals surface area (Å²) in [4.78, 5) is 61.2. The van der Waals surface area contributed by atoms with Crippen molar-refractivity contribution in [2.45, 2.75) is 39.9 Å². The Bertz CT molecular complexity index is 855. The van der Waals surface area contributed by atoms with Crippen LogP contribution in [0.1, 0.15) is 33.3 Å². The van der Waals surface area contributed by atoms with Crippen LogP contribution >= 0.6 is 0 Å². The minimum Gasteiger partial charge on any atom is -0.465 e. The summed E-state index contributed by atoms with van der Waals surface area (Å²) in [7, 11) is 0. The zero-order chi connectivity index (χ0) is 26.3. The number of rotatable bonds is 12. The number of nitrogens with one attached hydrogen (secondary N) is 3. The van der Waals surface area contributed by atoms with Gasteiger partial charge in [0.1, 0.15) is 25.3 Å². The van der Waals surface area contributed by atoms with Gasteiger partial charge in [0, 0.05) is 13.1 Å². The van der Waals surface area contributed by atoms with Gasteiger partial charge in [-0.25, -0.2) is 9.59 Å². The molecule has 0 unspecified atom stereocenters. The van der Waals surface area contributed by atoms with Crippen molar-refractivity contribution in [3.05, 3.63) is 35.9 Å². The fourth-order valence-electron chi connectivity index (χ4n) is 2.54. The Labute approximate surface area is 204 Å². The van der Waals surface area contributed by atoms with E-state index in [9.17, 15) is 24.0 Å². The molecule has 0 aliphatic rings. The van der Waals surface area contributed by atoms with Crippen LogP contribution in [0.5, 0.6) is 0 Å². The summed E-state index contributed by atoms with van der Waals surface area (Å²) in [6, 6.07) is 9.00. The number of esters is 1. The topological polar surface area (TPSA) is 152 Å². The first-order chi connectivity index (χ1) is 16.5. The van der Waals surface area contributed by atoms with E-state index in [0.717, 1.165) is 10.5 Å². The molecule has 0 saturated heterocycles. The third-order valence-electron chi connectivity index (χ3n) is 4.07. The molecule has 1 aromatic rings. The van der Waals surface area contributed by atoms with E-state index in [1.54, 1.807) is 52.0 Å². The van der Waals surface area contributed by atoms with Crippen molar-refractivity contribution in [1.82, 2.24) is 20.9 Å². The lowest BCUT2D eigenvalue weighted by atomic mass is 10.2. The van der Waals surface area contributed by atoms with E-state index < -0.39 is 48.7 Å². The number of nitrogens with zero attached hydrogens (tertiary/aromatic N) is 1. The predicted molar refractivity (Wildman–Crippen MR) is 125 cm³/mol. The number of hydrogen-bond acceptors (Lipinski definition) is 8. The van der Waals surface area contributed by atoms with E-state index in [4.69, 9.17) is 14.2 Å². The molecule has 0 aliphatic carbocycles.